The van der Waals surface area contributed by atoms with Crippen molar-refractivity contribution in [2.24, 2.45) is 0 Å². The fraction of sp³-hybridized carbons (Fsp3) is 0.571. The van der Waals surface area contributed by atoms with Crippen LogP contribution in [0.5, 0.6) is 5.75 Å². The molecule has 1 aromatic carbocycles. The summed E-state index contributed by atoms with van der Waals surface area (Å²) in [6, 6.07) is 3.33. The first-order chi connectivity index (χ1) is 7.57. The number of diazo groups is 1. The Labute approximate surface area is 103 Å². The van der Waals surface area contributed by atoms with Crippen LogP contribution in [0.2, 0.25) is 0 Å². The van der Waals surface area contributed by atoms with Crippen molar-refractivity contribution in [1.29, 1.82) is 5.39 Å². The van der Waals surface area contributed by atoms with Gasteiger partial charge in [-0.2, -0.15) is 0 Å². The molecule has 0 radical (unpaired) electrons. The highest BCUT2D eigenvalue weighted by Crippen LogP contribution is 2.40. The number of rotatable bonds is 0. The zero-order valence-electron chi connectivity index (χ0n) is 11.5. The predicted molar refractivity (Wildman–Crippen MR) is 68.0 cm³/mol. The second-order valence-electron chi connectivity index (χ2n) is 6.47. The average Bonchev–Trinajstić information content (AvgIpc) is 2.14. The van der Waals surface area contributed by atoms with Crippen molar-refractivity contribution in [3.63, 3.8) is 0 Å². The van der Waals surface area contributed by atoms with E-state index in [1.165, 1.54) is 0 Å². The lowest BCUT2D eigenvalue weighted by Gasteiger charge is -2.32. The summed E-state index contributed by atoms with van der Waals surface area (Å²) in [5.41, 5.74) is 1.32. The van der Waals surface area contributed by atoms with E-state index in [0.29, 0.717) is 16.8 Å². The maximum absolute atomic E-state index is 12.4. The van der Waals surface area contributed by atoms with Crippen molar-refractivity contribution in [2.45, 2.75) is 52.4 Å². The number of benzene rings is 1. The Bertz CT molecular complexity index is 435. The molecule has 0 bridgehead atoms. The van der Waals surface area contributed by atoms with Gasteiger partial charge in [-0.3, -0.25) is 0 Å². The zero-order valence-corrected chi connectivity index (χ0v) is 11.5. The van der Waals surface area contributed by atoms with Crippen LogP contribution in [-0.4, -0.2) is 0 Å². The molecule has 0 saturated carbocycles. The van der Waals surface area contributed by atoms with E-state index in [0.717, 1.165) is 0 Å². The molecule has 92 valence electrons. The summed E-state index contributed by atoms with van der Waals surface area (Å²) in [4.78, 5) is 3.22. The normalized spacial score (nSPS) is 12.3. The summed E-state index contributed by atoms with van der Waals surface area (Å²) in [6.07, 6.45) is 0. The van der Waals surface area contributed by atoms with E-state index in [4.69, 9.17) is 5.39 Å². The van der Waals surface area contributed by atoms with Crippen LogP contribution in [0.1, 0.15) is 52.7 Å². The molecule has 1 aromatic rings. The maximum Gasteiger partial charge on any atom is 0.385 e. The Morgan fingerprint density at radius 1 is 0.941 bits per heavy atom. The van der Waals surface area contributed by atoms with Crippen LogP contribution in [0.15, 0.2) is 12.1 Å². The smallest absolute Gasteiger partial charge is 0.385 e. The Morgan fingerprint density at radius 2 is 1.29 bits per heavy atom. The van der Waals surface area contributed by atoms with Gasteiger partial charge in [-0.05, 0) is 22.0 Å². The van der Waals surface area contributed by atoms with Gasteiger partial charge in [-0.15, -0.1) is 5.75 Å². The lowest BCUT2D eigenvalue weighted by Crippen LogP contribution is -2.20. The third-order valence-electron chi connectivity index (χ3n) is 2.81. The molecule has 0 saturated heterocycles. The van der Waals surface area contributed by atoms with E-state index in [9.17, 15) is 5.11 Å². The molecule has 0 fully saturated rings. The molecule has 0 N–H and O–H groups in total. The van der Waals surface area contributed by atoms with Gasteiger partial charge in [0.2, 0.25) is 5.39 Å². The Hall–Kier alpha value is -1.56. The van der Waals surface area contributed by atoms with Gasteiger partial charge in [-0.25, -0.2) is 0 Å². The standard InChI is InChI=1S/C14H20N2O/c1-13(2,3)10-7-9(16-15)8-11(12(10)17)14(4,5)6/h7-8H,1-6H3. The van der Waals surface area contributed by atoms with Crippen molar-refractivity contribution in [2.75, 3.05) is 0 Å². The van der Waals surface area contributed by atoms with Crippen LogP contribution < -0.4 is 5.11 Å². The van der Waals surface area contributed by atoms with Gasteiger partial charge in [0.1, 0.15) is 0 Å². The molecule has 3 heteroatoms. The van der Waals surface area contributed by atoms with Crippen LogP contribution >= 0.6 is 0 Å². The first kappa shape index (κ1) is 13.5. The summed E-state index contributed by atoms with van der Waals surface area (Å²) in [7, 11) is 0. The molecule has 0 aliphatic heterocycles. The first-order valence-corrected chi connectivity index (χ1v) is 5.78. The summed E-state index contributed by atoms with van der Waals surface area (Å²) < 4.78 is 0. The highest BCUT2D eigenvalue weighted by atomic mass is 16.3. The summed E-state index contributed by atoms with van der Waals surface area (Å²) in [5.74, 6) is 0.0531. The highest BCUT2D eigenvalue weighted by Gasteiger charge is 2.25. The molecular weight excluding hydrogens is 212 g/mol. The minimum atomic E-state index is -0.252. The number of hydrogen-bond donors (Lipinski definition) is 0. The Kier molecular flexibility index (Phi) is 3.20. The van der Waals surface area contributed by atoms with E-state index in [-0.39, 0.29) is 16.6 Å². The molecule has 1 rings (SSSR count). The SMILES string of the molecule is CC(C)(C)c1cc([N+]#N)cc(C(C)(C)C)c1[O-]. The van der Waals surface area contributed by atoms with E-state index in [2.05, 4.69) is 4.98 Å². The van der Waals surface area contributed by atoms with Crippen molar-refractivity contribution < 1.29 is 5.11 Å². The zero-order chi connectivity index (χ0) is 13.4. The monoisotopic (exact) mass is 232 g/mol. The number of hydrogen-bond acceptors (Lipinski definition) is 2. The molecule has 3 nitrogen and oxygen atoms in total. The fourth-order valence-electron chi connectivity index (χ4n) is 1.79. The van der Waals surface area contributed by atoms with Crippen LogP contribution in [0.4, 0.5) is 5.69 Å². The maximum atomic E-state index is 12.4. The van der Waals surface area contributed by atoms with Gasteiger partial charge >= 0.3 is 5.69 Å². The average molecular weight is 232 g/mol. The third kappa shape index (κ3) is 2.76. The molecule has 0 heterocycles. The Morgan fingerprint density at radius 3 is 1.53 bits per heavy atom. The summed E-state index contributed by atoms with van der Waals surface area (Å²) in [5, 5.41) is 21.3. The predicted octanol–water partition coefficient (Wildman–Crippen LogP) is 3.84. The van der Waals surface area contributed by atoms with Gasteiger partial charge in [0, 0.05) is 12.1 Å². The van der Waals surface area contributed by atoms with Crippen LogP contribution in [0.3, 0.4) is 0 Å². The first-order valence-electron chi connectivity index (χ1n) is 5.78. The van der Waals surface area contributed by atoms with Crippen LogP contribution in [0, 0.1) is 5.39 Å². The van der Waals surface area contributed by atoms with E-state index in [1.807, 2.05) is 41.5 Å². The van der Waals surface area contributed by atoms with Crippen molar-refractivity contribution in [1.82, 2.24) is 0 Å². The number of nitrogens with zero attached hydrogens (tertiary/aromatic N) is 2. The molecule has 17 heavy (non-hydrogen) atoms. The van der Waals surface area contributed by atoms with Crippen molar-refractivity contribution in [3.05, 3.63) is 28.2 Å². The van der Waals surface area contributed by atoms with E-state index >= 15 is 0 Å². The van der Waals surface area contributed by atoms with Gasteiger partial charge < -0.3 is 5.11 Å². The van der Waals surface area contributed by atoms with Gasteiger partial charge in [0.15, 0.2) is 4.98 Å². The second-order valence-corrected chi connectivity index (χ2v) is 6.47. The van der Waals surface area contributed by atoms with Crippen molar-refractivity contribution in [3.8, 4) is 5.75 Å². The van der Waals surface area contributed by atoms with E-state index < -0.39 is 0 Å². The molecule has 0 amide bonds. The molecule has 0 aliphatic rings. The van der Waals surface area contributed by atoms with Crippen molar-refractivity contribution >= 4 is 5.69 Å². The second kappa shape index (κ2) is 4.03. The van der Waals surface area contributed by atoms with Gasteiger partial charge in [-0.1, -0.05) is 41.5 Å². The lowest BCUT2D eigenvalue weighted by molar-refractivity contribution is -0.271. The molecule has 0 aliphatic carbocycles. The van der Waals surface area contributed by atoms with Gasteiger partial charge in [0.05, 0.1) is 0 Å². The Balaban J connectivity index is 3.61. The fourth-order valence-corrected chi connectivity index (χ4v) is 1.79. The highest BCUT2D eigenvalue weighted by molar-refractivity contribution is 5.58. The molecule has 0 aromatic heterocycles. The minimum Gasteiger partial charge on any atom is -0.872 e. The molecular formula is C14H20N2O. The topological polar surface area (TPSA) is 51.2 Å². The van der Waals surface area contributed by atoms with Crippen LogP contribution in [-0.2, 0) is 10.8 Å². The minimum absolute atomic E-state index is 0.0531. The van der Waals surface area contributed by atoms with Gasteiger partial charge in [0.25, 0.3) is 0 Å². The molecule has 0 spiro atoms. The quantitative estimate of drug-likeness (QED) is 0.638. The largest absolute Gasteiger partial charge is 0.872 e. The summed E-state index contributed by atoms with van der Waals surface area (Å²) in [6.45, 7) is 11.9. The van der Waals surface area contributed by atoms with E-state index in [1.54, 1.807) is 12.1 Å². The summed E-state index contributed by atoms with van der Waals surface area (Å²) >= 11 is 0. The lowest BCUT2D eigenvalue weighted by atomic mass is 9.79. The molecule has 0 atom stereocenters. The molecule has 0 unspecified atom stereocenters. The van der Waals surface area contributed by atoms with Crippen LogP contribution in [0.25, 0.3) is 4.98 Å². The third-order valence-corrected chi connectivity index (χ3v) is 2.81.